The lowest BCUT2D eigenvalue weighted by Crippen LogP contribution is -2.31. The number of carbonyl (C=O) groups excluding carboxylic acids is 1. The van der Waals surface area contributed by atoms with Gasteiger partial charge in [-0.1, -0.05) is 23.7 Å². The Balaban J connectivity index is 1.85. The van der Waals surface area contributed by atoms with Gasteiger partial charge in [-0.05, 0) is 38.1 Å². The number of benzene rings is 1. The van der Waals surface area contributed by atoms with Crippen LogP contribution in [-0.4, -0.2) is 12.5 Å². The van der Waals surface area contributed by atoms with E-state index in [1.807, 2.05) is 26.0 Å². The Kier molecular flexibility index (Phi) is 4.69. The van der Waals surface area contributed by atoms with Crippen molar-refractivity contribution in [1.29, 1.82) is 0 Å². The van der Waals surface area contributed by atoms with Gasteiger partial charge in [-0.25, -0.2) is 0 Å². The molecule has 1 atom stereocenters. The number of furan rings is 1. The lowest BCUT2D eigenvalue weighted by atomic mass is 10.2. The Morgan fingerprint density at radius 2 is 2.10 bits per heavy atom. The van der Waals surface area contributed by atoms with Gasteiger partial charge in [0.05, 0.1) is 11.1 Å². The monoisotopic (exact) mass is 293 g/mol. The summed E-state index contributed by atoms with van der Waals surface area (Å²) in [5, 5.41) is 3.28. The molecule has 20 heavy (non-hydrogen) atoms. The van der Waals surface area contributed by atoms with Crippen LogP contribution in [-0.2, 0) is 4.79 Å². The van der Waals surface area contributed by atoms with Crippen molar-refractivity contribution in [1.82, 2.24) is 5.32 Å². The summed E-state index contributed by atoms with van der Waals surface area (Å²) in [4.78, 5) is 11.8. The maximum atomic E-state index is 11.8. The van der Waals surface area contributed by atoms with Gasteiger partial charge in [0.15, 0.2) is 6.61 Å². The molecule has 2 rings (SSSR count). The van der Waals surface area contributed by atoms with Crippen LogP contribution < -0.4 is 10.1 Å². The highest BCUT2D eigenvalue weighted by atomic mass is 35.5. The van der Waals surface area contributed by atoms with Crippen molar-refractivity contribution in [2.45, 2.75) is 19.9 Å². The van der Waals surface area contributed by atoms with Gasteiger partial charge in [0, 0.05) is 0 Å². The van der Waals surface area contributed by atoms with Crippen LogP contribution in [0.25, 0.3) is 0 Å². The molecule has 5 heteroatoms. The standard InChI is InChI=1S/C15H16ClNO3/c1-10-7-8-13(20-10)11(2)17-15(18)9-19-14-6-4-3-5-12(14)16/h3-8,11H,9H2,1-2H3,(H,17,18). The molecule has 0 saturated carbocycles. The molecule has 0 spiro atoms. The Bertz CT molecular complexity index is 594. The first kappa shape index (κ1) is 14.5. The Morgan fingerprint density at radius 1 is 1.35 bits per heavy atom. The first-order chi connectivity index (χ1) is 9.56. The van der Waals surface area contributed by atoms with Gasteiger partial charge < -0.3 is 14.5 Å². The van der Waals surface area contributed by atoms with Gasteiger partial charge in [0.2, 0.25) is 0 Å². The zero-order valence-electron chi connectivity index (χ0n) is 11.4. The van der Waals surface area contributed by atoms with Gasteiger partial charge in [-0.2, -0.15) is 0 Å². The molecule has 0 saturated heterocycles. The fraction of sp³-hybridized carbons (Fsp3) is 0.267. The molecule has 2 aromatic rings. The number of carbonyl (C=O) groups is 1. The number of ether oxygens (including phenoxy) is 1. The molecule has 1 N–H and O–H groups in total. The maximum absolute atomic E-state index is 11.8. The van der Waals surface area contributed by atoms with Crippen LogP contribution in [0.1, 0.15) is 24.5 Å². The summed E-state index contributed by atoms with van der Waals surface area (Å²) in [5.41, 5.74) is 0. The summed E-state index contributed by atoms with van der Waals surface area (Å²) in [6.07, 6.45) is 0. The smallest absolute Gasteiger partial charge is 0.258 e. The minimum atomic E-state index is -0.230. The van der Waals surface area contributed by atoms with Crippen molar-refractivity contribution in [3.8, 4) is 5.75 Å². The third kappa shape index (κ3) is 3.78. The van der Waals surface area contributed by atoms with Gasteiger partial charge in [0.1, 0.15) is 17.3 Å². The molecule has 1 unspecified atom stereocenters. The zero-order valence-corrected chi connectivity index (χ0v) is 12.1. The van der Waals surface area contributed by atoms with Crippen LogP contribution in [0.4, 0.5) is 0 Å². The van der Waals surface area contributed by atoms with Crippen LogP contribution in [0.2, 0.25) is 5.02 Å². The van der Waals surface area contributed by atoms with E-state index in [9.17, 15) is 4.79 Å². The molecular formula is C15H16ClNO3. The molecule has 1 aromatic heterocycles. The van der Waals surface area contributed by atoms with Crippen molar-refractivity contribution in [3.05, 3.63) is 52.9 Å². The van der Waals surface area contributed by atoms with Crippen LogP contribution in [0.5, 0.6) is 5.75 Å². The van der Waals surface area contributed by atoms with E-state index in [4.69, 9.17) is 20.8 Å². The number of aryl methyl sites for hydroxylation is 1. The number of halogens is 1. The summed E-state index contributed by atoms with van der Waals surface area (Å²) in [6, 6.07) is 10.5. The van der Waals surface area contributed by atoms with Crippen molar-refractivity contribution >= 4 is 17.5 Å². The molecule has 0 fully saturated rings. The minimum Gasteiger partial charge on any atom is -0.482 e. The van der Waals surface area contributed by atoms with E-state index >= 15 is 0 Å². The lowest BCUT2D eigenvalue weighted by molar-refractivity contribution is -0.123. The van der Waals surface area contributed by atoms with E-state index in [1.54, 1.807) is 24.3 Å². The maximum Gasteiger partial charge on any atom is 0.258 e. The van der Waals surface area contributed by atoms with E-state index in [0.717, 1.165) is 5.76 Å². The number of para-hydroxylation sites is 1. The fourth-order valence-electron chi connectivity index (χ4n) is 1.75. The Morgan fingerprint density at radius 3 is 2.75 bits per heavy atom. The fourth-order valence-corrected chi connectivity index (χ4v) is 1.94. The summed E-state index contributed by atoms with van der Waals surface area (Å²) in [7, 11) is 0. The number of nitrogens with one attached hydrogen (secondary N) is 1. The number of amides is 1. The first-order valence-corrected chi connectivity index (χ1v) is 6.67. The molecular weight excluding hydrogens is 278 g/mol. The van der Waals surface area contributed by atoms with E-state index in [-0.39, 0.29) is 18.6 Å². The van der Waals surface area contributed by atoms with Crippen molar-refractivity contribution in [2.75, 3.05) is 6.61 Å². The molecule has 4 nitrogen and oxygen atoms in total. The SMILES string of the molecule is Cc1ccc(C(C)NC(=O)COc2ccccc2Cl)o1. The second-order valence-corrected chi connectivity index (χ2v) is 4.86. The zero-order chi connectivity index (χ0) is 14.5. The molecule has 0 aliphatic carbocycles. The minimum absolute atomic E-state index is 0.0895. The third-order valence-corrected chi connectivity index (χ3v) is 3.07. The highest BCUT2D eigenvalue weighted by Crippen LogP contribution is 2.23. The average molecular weight is 294 g/mol. The molecule has 1 heterocycles. The molecule has 1 amide bonds. The van der Waals surface area contributed by atoms with Crippen LogP contribution >= 0.6 is 11.6 Å². The van der Waals surface area contributed by atoms with Crippen LogP contribution in [0, 0.1) is 6.92 Å². The third-order valence-electron chi connectivity index (χ3n) is 2.76. The van der Waals surface area contributed by atoms with Gasteiger partial charge in [-0.15, -0.1) is 0 Å². The first-order valence-electron chi connectivity index (χ1n) is 6.29. The van der Waals surface area contributed by atoms with E-state index in [2.05, 4.69) is 5.32 Å². The second-order valence-electron chi connectivity index (χ2n) is 4.46. The van der Waals surface area contributed by atoms with Gasteiger partial charge >= 0.3 is 0 Å². The summed E-state index contributed by atoms with van der Waals surface area (Å²) >= 11 is 5.94. The van der Waals surface area contributed by atoms with E-state index in [1.165, 1.54) is 0 Å². The van der Waals surface area contributed by atoms with E-state index in [0.29, 0.717) is 16.5 Å². The van der Waals surface area contributed by atoms with Crippen molar-refractivity contribution < 1.29 is 13.9 Å². The predicted octanol–water partition coefficient (Wildman–Crippen LogP) is 3.50. The molecule has 106 valence electrons. The molecule has 0 bridgehead atoms. The number of rotatable bonds is 5. The summed E-state index contributed by atoms with van der Waals surface area (Å²) in [5.74, 6) is 1.79. The van der Waals surface area contributed by atoms with Gasteiger partial charge in [0.25, 0.3) is 5.91 Å². The molecule has 0 radical (unpaired) electrons. The average Bonchev–Trinajstić information content (AvgIpc) is 2.84. The van der Waals surface area contributed by atoms with E-state index < -0.39 is 0 Å². The second kappa shape index (κ2) is 6.48. The Labute approximate surface area is 122 Å². The molecule has 1 aromatic carbocycles. The van der Waals surface area contributed by atoms with Crippen molar-refractivity contribution in [2.24, 2.45) is 0 Å². The Hall–Kier alpha value is -1.94. The van der Waals surface area contributed by atoms with Crippen molar-refractivity contribution in [3.63, 3.8) is 0 Å². The topological polar surface area (TPSA) is 51.5 Å². The summed E-state index contributed by atoms with van der Waals surface area (Å²) in [6.45, 7) is 3.62. The lowest BCUT2D eigenvalue weighted by Gasteiger charge is -2.12. The predicted molar refractivity (Wildman–Crippen MR) is 76.9 cm³/mol. The van der Waals surface area contributed by atoms with Gasteiger partial charge in [-0.3, -0.25) is 4.79 Å². The normalized spacial score (nSPS) is 11.9. The van der Waals surface area contributed by atoms with Crippen LogP contribution in [0.15, 0.2) is 40.8 Å². The highest BCUT2D eigenvalue weighted by Gasteiger charge is 2.13. The molecule has 0 aliphatic rings. The largest absolute Gasteiger partial charge is 0.482 e. The van der Waals surface area contributed by atoms with Crippen LogP contribution in [0.3, 0.4) is 0 Å². The summed E-state index contributed by atoms with van der Waals surface area (Å²) < 4.78 is 10.8. The number of hydrogen-bond donors (Lipinski definition) is 1. The number of hydrogen-bond acceptors (Lipinski definition) is 3. The highest BCUT2D eigenvalue weighted by molar-refractivity contribution is 6.32. The quantitative estimate of drug-likeness (QED) is 0.918. The molecule has 0 aliphatic heterocycles.